The predicted octanol–water partition coefficient (Wildman–Crippen LogP) is 2.35. The molecule has 0 heterocycles. The minimum atomic E-state index is -0.489. The van der Waals surface area contributed by atoms with Crippen molar-refractivity contribution < 1.29 is 14.6 Å². The van der Waals surface area contributed by atoms with E-state index in [1.165, 1.54) is 0 Å². The Morgan fingerprint density at radius 1 is 1.33 bits per heavy atom. The third-order valence-electron chi connectivity index (χ3n) is 2.66. The van der Waals surface area contributed by atoms with Crippen LogP contribution in [0.4, 0.5) is 5.69 Å². The first-order valence-corrected chi connectivity index (χ1v) is 6.09. The van der Waals surface area contributed by atoms with E-state index in [1.807, 2.05) is 6.92 Å². The Morgan fingerprint density at radius 3 is 2.44 bits per heavy atom. The first kappa shape index (κ1) is 14.7. The molecule has 4 nitrogen and oxygen atoms in total. The van der Waals surface area contributed by atoms with Gasteiger partial charge in [0.2, 0.25) is 5.91 Å². The lowest BCUT2D eigenvalue weighted by Gasteiger charge is -2.11. The number of hydrogen-bond donors (Lipinski definition) is 2. The number of rotatable bonds is 6. The zero-order valence-corrected chi connectivity index (χ0v) is 11.1. The molecule has 0 spiro atoms. The van der Waals surface area contributed by atoms with Gasteiger partial charge in [-0.1, -0.05) is 19.1 Å². The molecule has 0 radical (unpaired) electrons. The fourth-order valence-corrected chi connectivity index (χ4v) is 1.72. The maximum atomic E-state index is 11.7. The van der Waals surface area contributed by atoms with E-state index in [0.29, 0.717) is 13.0 Å². The normalized spacial score (nSPS) is 14.0. The quantitative estimate of drug-likeness (QED) is 0.816. The van der Waals surface area contributed by atoms with E-state index < -0.39 is 6.10 Å². The molecule has 0 fully saturated rings. The van der Waals surface area contributed by atoms with Crippen molar-refractivity contribution in [1.82, 2.24) is 0 Å². The maximum absolute atomic E-state index is 11.7. The average molecular weight is 251 g/mol. The Morgan fingerprint density at radius 2 is 1.94 bits per heavy atom. The topological polar surface area (TPSA) is 58.6 Å². The van der Waals surface area contributed by atoms with Gasteiger partial charge in [0.25, 0.3) is 0 Å². The molecule has 0 aromatic heterocycles. The third-order valence-corrected chi connectivity index (χ3v) is 2.66. The fourth-order valence-electron chi connectivity index (χ4n) is 1.72. The van der Waals surface area contributed by atoms with Gasteiger partial charge in [0, 0.05) is 25.8 Å². The van der Waals surface area contributed by atoms with Gasteiger partial charge < -0.3 is 15.2 Å². The van der Waals surface area contributed by atoms with E-state index >= 15 is 0 Å². The van der Waals surface area contributed by atoms with Gasteiger partial charge in [-0.15, -0.1) is 0 Å². The Kier molecular flexibility index (Phi) is 5.82. The summed E-state index contributed by atoms with van der Waals surface area (Å²) in [4.78, 5) is 11.7. The van der Waals surface area contributed by atoms with Crippen LogP contribution >= 0.6 is 0 Å². The highest BCUT2D eigenvalue weighted by atomic mass is 16.5. The molecule has 1 rings (SSSR count). The zero-order valence-electron chi connectivity index (χ0n) is 11.1. The van der Waals surface area contributed by atoms with Crippen LogP contribution in [0.25, 0.3) is 0 Å². The van der Waals surface area contributed by atoms with Crippen LogP contribution in [0.5, 0.6) is 0 Å². The lowest BCUT2D eigenvalue weighted by Crippen LogP contribution is -2.17. The number of aliphatic hydroxyl groups excluding tert-OH is 1. The second-order valence-corrected chi connectivity index (χ2v) is 4.61. The average Bonchev–Trinajstić information content (AvgIpc) is 2.29. The number of hydrogen-bond acceptors (Lipinski definition) is 3. The number of benzene rings is 1. The van der Waals surface area contributed by atoms with E-state index in [-0.39, 0.29) is 11.8 Å². The van der Waals surface area contributed by atoms with E-state index in [2.05, 4.69) is 5.32 Å². The first-order chi connectivity index (χ1) is 8.52. The molecule has 1 aromatic carbocycles. The Balaban J connectivity index is 2.49. The summed E-state index contributed by atoms with van der Waals surface area (Å²) in [6.07, 6.45) is -0.0529. The summed E-state index contributed by atoms with van der Waals surface area (Å²) in [5.41, 5.74) is 1.58. The smallest absolute Gasteiger partial charge is 0.224 e. The summed E-state index contributed by atoms with van der Waals surface area (Å²) >= 11 is 0. The van der Waals surface area contributed by atoms with Crippen LogP contribution in [0.3, 0.4) is 0 Å². The summed E-state index contributed by atoms with van der Waals surface area (Å²) in [5, 5.41) is 12.2. The molecule has 2 atom stereocenters. The van der Waals surface area contributed by atoms with E-state index in [0.717, 1.165) is 11.3 Å². The largest absolute Gasteiger partial charge is 0.389 e. The lowest BCUT2D eigenvalue weighted by atomic mass is 10.1. The number of aliphatic hydroxyl groups is 1. The second-order valence-electron chi connectivity index (χ2n) is 4.61. The van der Waals surface area contributed by atoms with Crippen LogP contribution in [0.15, 0.2) is 24.3 Å². The summed E-state index contributed by atoms with van der Waals surface area (Å²) in [6.45, 7) is 4.26. The molecule has 0 bridgehead atoms. The van der Waals surface area contributed by atoms with Gasteiger partial charge in [0.05, 0.1) is 6.10 Å². The molecule has 0 aliphatic carbocycles. The van der Waals surface area contributed by atoms with Gasteiger partial charge in [0.15, 0.2) is 0 Å². The SMILES string of the molecule is COCC(C)CC(=O)Nc1ccc(C(C)O)cc1. The van der Waals surface area contributed by atoms with Crippen LogP contribution in [-0.4, -0.2) is 24.7 Å². The molecule has 0 saturated heterocycles. The predicted molar refractivity (Wildman–Crippen MR) is 71.4 cm³/mol. The number of nitrogens with one attached hydrogen (secondary N) is 1. The van der Waals surface area contributed by atoms with Gasteiger partial charge >= 0.3 is 0 Å². The fraction of sp³-hybridized carbons (Fsp3) is 0.500. The van der Waals surface area contributed by atoms with Gasteiger partial charge in [-0.2, -0.15) is 0 Å². The monoisotopic (exact) mass is 251 g/mol. The first-order valence-electron chi connectivity index (χ1n) is 6.09. The van der Waals surface area contributed by atoms with Crippen molar-refractivity contribution in [2.45, 2.75) is 26.4 Å². The molecule has 0 saturated carbocycles. The summed E-state index contributed by atoms with van der Waals surface area (Å²) in [6, 6.07) is 7.19. The van der Waals surface area contributed by atoms with Gasteiger partial charge in [-0.05, 0) is 30.5 Å². The highest BCUT2D eigenvalue weighted by Crippen LogP contribution is 2.16. The van der Waals surface area contributed by atoms with E-state index in [1.54, 1.807) is 38.3 Å². The number of ether oxygens (including phenoxy) is 1. The molecule has 100 valence electrons. The number of carbonyl (C=O) groups is 1. The van der Waals surface area contributed by atoms with Crippen molar-refractivity contribution in [3.8, 4) is 0 Å². The minimum absolute atomic E-state index is 0.0238. The molecule has 1 aromatic rings. The zero-order chi connectivity index (χ0) is 13.5. The van der Waals surface area contributed by atoms with Crippen LogP contribution in [0.1, 0.15) is 31.9 Å². The van der Waals surface area contributed by atoms with Crippen LogP contribution in [-0.2, 0) is 9.53 Å². The molecule has 1 amide bonds. The minimum Gasteiger partial charge on any atom is -0.389 e. The summed E-state index contributed by atoms with van der Waals surface area (Å²) in [7, 11) is 1.63. The van der Waals surface area contributed by atoms with Gasteiger partial charge in [0.1, 0.15) is 0 Å². The van der Waals surface area contributed by atoms with Crippen LogP contribution in [0.2, 0.25) is 0 Å². The van der Waals surface area contributed by atoms with E-state index in [4.69, 9.17) is 4.74 Å². The molecule has 2 N–H and O–H groups in total. The Hall–Kier alpha value is -1.39. The number of carbonyl (C=O) groups excluding carboxylic acids is 1. The number of anilines is 1. The molecule has 0 aliphatic rings. The Labute approximate surface area is 108 Å². The third kappa shape index (κ3) is 4.85. The highest BCUT2D eigenvalue weighted by molar-refractivity contribution is 5.90. The van der Waals surface area contributed by atoms with Gasteiger partial charge in [-0.25, -0.2) is 0 Å². The van der Waals surface area contributed by atoms with Crippen molar-refractivity contribution in [3.63, 3.8) is 0 Å². The van der Waals surface area contributed by atoms with Crippen molar-refractivity contribution >= 4 is 11.6 Å². The van der Waals surface area contributed by atoms with Crippen LogP contribution in [0, 0.1) is 5.92 Å². The molecule has 4 heteroatoms. The Bertz CT molecular complexity index is 373. The second kappa shape index (κ2) is 7.13. The van der Waals surface area contributed by atoms with Crippen molar-refractivity contribution in [1.29, 1.82) is 0 Å². The molecule has 18 heavy (non-hydrogen) atoms. The maximum Gasteiger partial charge on any atom is 0.224 e. The van der Waals surface area contributed by atoms with E-state index in [9.17, 15) is 9.90 Å². The standard InChI is InChI=1S/C14H21NO3/c1-10(9-18-3)8-14(17)15-13-6-4-12(5-7-13)11(2)16/h4-7,10-11,16H,8-9H2,1-3H3,(H,15,17). The van der Waals surface area contributed by atoms with Gasteiger partial charge in [-0.3, -0.25) is 4.79 Å². The van der Waals surface area contributed by atoms with Crippen LogP contribution < -0.4 is 5.32 Å². The van der Waals surface area contributed by atoms with Crippen molar-refractivity contribution in [2.24, 2.45) is 5.92 Å². The summed E-state index contributed by atoms with van der Waals surface area (Å²) < 4.78 is 4.99. The highest BCUT2D eigenvalue weighted by Gasteiger charge is 2.09. The number of amides is 1. The summed E-state index contributed by atoms with van der Waals surface area (Å²) in [5.74, 6) is 0.177. The van der Waals surface area contributed by atoms with Crippen molar-refractivity contribution in [3.05, 3.63) is 29.8 Å². The lowest BCUT2D eigenvalue weighted by molar-refractivity contribution is -0.117. The van der Waals surface area contributed by atoms with Crippen molar-refractivity contribution in [2.75, 3.05) is 19.0 Å². The molecular weight excluding hydrogens is 230 g/mol. The molecule has 0 aliphatic heterocycles. The molecular formula is C14H21NO3. The number of methoxy groups -OCH3 is 1. The molecule has 2 unspecified atom stereocenters.